The molecule has 190 valence electrons. The van der Waals surface area contributed by atoms with Gasteiger partial charge < -0.3 is 28.5 Å². The molecule has 4 rings (SSSR count). The number of ether oxygens (including phenoxy) is 3. The zero-order valence-corrected chi connectivity index (χ0v) is 20.9. The smallest absolute Gasteiger partial charge is 0.310 e. The molecule has 1 fully saturated rings. The fourth-order valence-corrected chi connectivity index (χ4v) is 4.03. The fourth-order valence-electron chi connectivity index (χ4n) is 4.03. The van der Waals surface area contributed by atoms with Crippen LogP contribution in [0.3, 0.4) is 0 Å². The molecule has 36 heavy (non-hydrogen) atoms. The molecule has 3 aromatic rings. The molecule has 1 amide bonds. The number of benzene rings is 2. The summed E-state index contributed by atoms with van der Waals surface area (Å²) in [7, 11) is 1.64. The number of anilines is 1. The SMILES string of the molecule is COc1ccc(N2CCN(C(=O)COC(=O)Cc3ccc(OCc4c(C)noc4C)cc3)CC2)cc1. The molecule has 0 radical (unpaired) electrons. The first-order valence-corrected chi connectivity index (χ1v) is 11.9. The highest BCUT2D eigenvalue weighted by molar-refractivity contribution is 5.81. The number of aryl methyl sites for hydroxylation is 2. The molecule has 1 aliphatic rings. The number of rotatable bonds is 9. The van der Waals surface area contributed by atoms with E-state index in [1.165, 1.54) is 0 Å². The molecule has 1 aliphatic heterocycles. The van der Waals surface area contributed by atoms with Crippen LogP contribution in [-0.2, 0) is 27.4 Å². The van der Waals surface area contributed by atoms with E-state index >= 15 is 0 Å². The lowest BCUT2D eigenvalue weighted by atomic mass is 10.1. The Morgan fingerprint density at radius 2 is 1.61 bits per heavy atom. The van der Waals surface area contributed by atoms with Crippen molar-refractivity contribution < 1.29 is 28.3 Å². The van der Waals surface area contributed by atoms with Gasteiger partial charge in [-0.1, -0.05) is 17.3 Å². The maximum Gasteiger partial charge on any atom is 0.310 e. The predicted molar refractivity (Wildman–Crippen MR) is 133 cm³/mol. The fraction of sp³-hybridized carbons (Fsp3) is 0.370. The van der Waals surface area contributed by atoms with Crippen molar-refractivity contribution in [2.24, 2.45) is 0 Å². The van der Waals surface area contributed by atoms with Crippen LogP contribution < -0.4 is 14.4 Å². The number of piperazine rings is 1. The van der Waals surface area contributed by atoms with Crippen LogP contribution in [0.5, 0.6) is 11.5 Å². The Bertz CT molecular complexity index is 1150. The Morgan fingerprint density at radius 1 is 0.944 bits per heavy atom. The third-order valence-electron chi connectivity index (χ3n) is 6.26. The summed E-state index contributed by atoms with van der Waals surface area (Å²) >= 11 is 0. The third kappa shape index (κ3) is 6.35. The minimum absolute atomic E-state index is 0.0860. The number of carbonyl (C=O) groups is 2. The van der Waals surface area contributed by atoms with Crippen molar-refractivity contribution in [1.82, 2.24) is 10.1 Å². The predicted octanol–water partition coefficient (Wildman–Crippen LogP) is 3.31. The lowest BCUT2D eigenvalue weighted by Gasteiger charge is -2.36. The zero-order valence-electron chi connectivity index (χ0n) is 20.9. The van der Waals surface area contributed by atoms with E-state index < -0.39 is 5.97 Å². The average molecular weight is 494 g/mol. The highest BCUT2D eigenvalue weighted by Crippen LogP contribution is 2.21. The Balaban J connectivity index is 1.17. The molecule has 0 unspecified atom stereocenters. The number of esters is 1. The summed E-state index contributed by atoms with van der Waals surface area (Å²) < 4.78 is 21.4. The van der Waals surface area contributed by atoms with Gasteiger partial charge >= 0.3 is 5.97 Å². The first-order chi connectivity index (χ1) is 17.4. The van der Waals surface area contributed by atoms with E-state index in [0.29, 0.717) is 25.4 Å². The highest BCUT2D eigenvalue weighted by Gasteiger charge is 2.22. The van der Waals surface area contributed by atoms with Crippen molar-refractivity contribution in [3.63, 3.8) is 0 Å². The van der Waals surface area contributed by atoms with Crippen LogP contribution in [0.2, 0.25) is 0 Å². The molecule has 0 saturated carbocycles. The van der Waals surface area contributed by atoms with Crippen LogP contribution in [0, 0.1) is 13.8 Å². The van der Waals surface area contributed by atoms with Crippen molar-refractivity contribution in [2.75, 3.05) is 44.8 Å². The molecule has 9 heteroatoms. The number of aromatic nitrogens is 1. The molecule has 0 N–H and O–H groups in total. The quantitative estimate of drug-likeness (QED) is 0.419. The Morgan fingerprint density at radius 3 is 2.22 bits per heavy atom. The van der Waals surface area contributed by atoms with E-state index in [-0.39, 0.29) is 18.9 Å². The van der Waals surface area contributed by atoms with Crippen LogP contribution in [0.1, 0.15) is 22.6 Å². The third-order valence-corrected chi connectivity index (χ3v) is 6.26. The van der Waals surface area contributed by atoms with E-state index in [1.54, 1.807) is 24.1 Å². The minimum atomic E-state index is -0.440. The number of carbonyl (C=O) groups excluding carboxylic acids is 2. The summed E-state index contributed by atoms with van der Waals surface area (Å²) in [4.78, 5) is 28.8. The molecular weight excluding hydrogens is 462 g/mol. The number of amides is 1. The van der Waals surface area contributed by atoms with Crippen molar-refractivity contribution >= 4 is 17.6 Å². The van der Waals surface area contributed by atoms with Crippen molar-refractivity contribution in [2.45, 2.75) is 26.9 Å². The summed E-state index contributed by atoms with van der Waals surface area (Å²) in [6.45, 7) is 6.43. The van der Waals surface area contributed by atoms with E-state index in [2.05, 4.69) is 10.1 Å². The Labute approximate surface area is 210 Å². The maximum absolute atomic E-state index is 12.5. The molecule has 1 aromatic heterocycles. The molecule has 0 bridgehead atoms. The van der Waals surface area contributed by atoms with E-state index in [4.69, 9.17) is 18.7 Å². The monoisotopic (exact) mass is 493 g/mol. The number of hydrogen-bond donors (Lipinski definition) is 0. The van der Waals surface area contributed by atoms with Crippen LogP contribution in [0.25, 0.3) is 0 Å². The summed E-state index contributed by atoms with van der Waals surface area (Å²) in [5, 5.41) is 3.92. The van der Waals surface area contributed by atoms with E-state index in [9.17, 15) is 9.59 Å². The molecule has 9 nitrogen and oxygen atoms in total. The normalized spacial score (nSPS) is 13.4. The van der Waals surface area contributed by atoms with Crippen molar-refractivity contribution in [1.29, 1.82) is 0 Å². The van der Waals surface area contributed by atoms with Gasteiger partial charge in [0.1, 0.15) is 23.9 Å². The standard InChI is InChI=1S/C27H31N3O6/c1-19-25(20(2)36-28-19)17-34-24-8-4-21(5-9-24)16-27(32)35-18-26(31)30-14-12-29(13-15-30)22-6-10-23(33-3)11-7-22/h4-11H,12-18H2,1-3H3. The second-order valence-corrected chi connectivity index (χ2v) is 8.64. The first kappa shape index (κ1) is 25.1. The maximum atomic E-state index is 12.5. The highest BCUT2D eigenvalue weighted by atomic mass is 16.5. The molecule has 0 atom stereocenters. The van der Waals surface area contributed by atoms with Crippen LogP contribution in [-0.4, -0.2) is 61.8 Å². The number of nitrogens with zero attached hydrogens (tertiary/aromatic N) is 3. The van der Waals surface area contributed by atoms with Crippen LogP contribution in [0.4, 0.5) is 5.69 Å². The summed E-state index contributed by atoms with van der Waals surface area (Å²) in [6, 6.07) is 15.1. The van der Waals surface area contributed by atoms with Crippen LogP contribution in [0.15, 0.2) is 53.1 Å². The van der Waals surface area contributed by atoms with Gasteiger partial charge in [0.05, 0.1) is 24.8 Å². The zero-order chi connectivity index (χ0) is 25.5. The number of methoxy groups -OCH3 is 1. The molecule has 2 heterocycles. The summed E-state index contributed by atoms with van der Waals surface area (Å²) in [6.07, 6.45) is 0.0860. The van der Waals surface area contributed by atoms with E-state index in [0.717, 1.165) is 47.1 Å². The summed E-state index contributed by atoms with van der Waals surface area (Å²) in [5.74, 6) is 1.61. The second-order valence-electron chi connectivity index (χ2n) is 8.64. The van der Waals surface area contributed by atoms with Crippen molar-refractivity contribution in [3.05, 3.63) is 71.1 Å². The molecular formula is C27H31N3O6. The minimum Gasteiger partial charge on any atom is -0.497 e. The molecule has 2 aromatic carbocycles. The van der Waals surface area contributed by atoms with Gasteiger partial charge in [-0.25, -0.2) is 0 Å². The first-order valence-electron chi connectivity index (χ1n) is 11.9. The molecule has 0 spiro atoms. The number of hydrogen-bond acceptors (Lipinski definition) is 8. The lowest BCUT2D eigenvalue weighted by Crippen LogP contribution is -2.49. The van der Waals surface area contributed by atoms with E-state index in [1.807, 2.05) is 50.2 Å². The Hall–Kier alpha value is -4.01. The van der Waals surface area contributed by atoms with Gasteiger partial charge in [0.25, 0.3) is 5.91 Å². The lowest BCUT2D eigenvalue weighted by molar-refractivity contribution is -0.151. The largest absolute Gasteiger partial charge is 0.497 e. The van der Waals surface area contributed by atoms with Gasteiger partial charge in [0.2, 0.25) is 0 Å². The summed E-state index contributed by atoms with van der Waals surface area (Å²) in [5.41, 5.74) is 3.61. The van der Waals surface area contributed by atoms with Gasteiger partial charge in [-0.3, -0.25) is 9.59 Å². The second kappa shape index (κ2) is 11.6. The Kier molecular flexibility index (Phi) is 8.10. The van der Waals surface area contributed by atoms with Gasteiger partial charge in [-0.2, -0.15) is 0 Å². The van der Waals surface area contributed by atoms with Gasteiger partial charge in [0.15, 0.2) is 6.61 Å². The van der Waals surface area contributed by atoms with Gasteiger partial charge in [-0.15, -0.1) is 0 Å². The molecule has 1 saturated heterocycles. The van der Waals surface area contributed by atoms with Crippen molar-refractivity contribution in [3.8, 4) is 11.5 Å². The topological polar surface area (TPSA) is 94.3 Å². The van der Waals surface area contributed by atoms with Gasteiger partial charge in [-0.05, 0) is 55.8 Å². The average Bonchev–Trinajstić information content (AvgIpc) is 3.23. The van der Waals surface area contributed by atoms with Crippen LogP contribution >= 0.6 is 0 Å². The molecule has 0 aliphatic carbocycles. The van der Waals surface area contributed by atoms with Gasteiger partial charge in [0, 0.05) is 31.9 Å².